The molecular weight excluding hydrogens is 1000 g/mol. The molecule has 2 aliphatic rings. The molecule has 1 aliphatic heterocycles. The van der Waals surface area contributed by atoms with E-state index in [1.165, 1.54) is 44.2 Å². The van der Waals surface area contributed by atoms with Crippen molar-refractivity contribution in [2.24, 2.45) is 5.41 Å². The van der Waals surface area contributed by atoms with Gasteiger partial charge in [0.2, 0.25) is 17.6 Å². The zero-order valence-corrected chi connectivity index (χ0v) is 39.4. The van der Waals surface area contributed by atoms with Crippen LogP contribution in [0.5, 0.6) is 11.5 Å². The third-order valence-corrected chi connectivity index (χ3v) is 14.3. The van der Waals surface area contributed by atoms with Gasteiger partial charge in [-0.25, -0.2) is 28.6 Å². The van der Waals surface area contributed by atoms with Crippen LogP contribution in [0.2, 0.25) is 0 Å². The molecule has 1 saturated heterocycles. The molecule has 2 amide bonds. The average Bonchev–Trinajstić information content (AvgIpc) is 3.83. The Morgan fingerprint density at radius 3 is 2.35 bits per heavy atom. The number of carbonyl (C=O) groups is 5. The van der Waals surface area contributed by atoms with Crippen molar-refractivity contribution in [2.75, 3.05) is 37.8 Å². The number of nitrogen functional groups attached to an aromatic ring is 1. The second-order valence-corrected chi connectivity index (χ2v) is 21.2. The van der Waals surface area contributed by atoms with Crippen LogP contribution in [-0.2, 0) is 57.1 Å². The predicted octanol–water partition coefficient (Wildman–Crippen LogP) is 0.0940. The molecule has 374 valence electrons. The number of fused-ring (bicyclic) bond motifs is 3. The van der Waals surface area contributed by atoms with E-state index in [9.17, 15) is 77.7 Å². The van der Waals surface area contributed by atoms with E-state index in [-0.39, 0.29) is 76.5 Å². The van der Waals surface area contributed by atoms with E-state index >= 15 is 0 Å². The van der Waals surface area contributed by atoms with Crippen molar-refractivity contribution < 1.29 is 100 Å². The van der Waals surface area contributed by atoms with Crippen LogP contribution in [0.4, 0.5) is 5.82 Å². The molecule has 7 atom stereocenters. The number of nitrogens with two attached hydrogens (primary N) is 1. The number of carbonyl (C=O) groups excluding carboxylic acids is 5. The van der Waals surface area contributed by atoms with Crippen LogP contribution in [-0.4, -0.2) is 144 Å². The van der Waals surface area contributed by atoms with Crippen LogP contribution < -0.4 is 16.4 Å². The first kappa shape index (κ1) is 53.3. The molecule has 4 aromatic rings. The standard InChI is InChI=1S/C37H44N7O21P3S/c1-37(2,14-62-68(59,60)65-67(57,58)61-13-21-31(64-66(54,55)56)30(51)36(63-21)44-16-43-26-33(38)41-15-42-34(26)44)32(52)35(53)40-9-8-22(46)39-10-11-69-23(47)12-17-6-7-19-25(27(17)48)29(50)24-18(28(19)49)4-3-5-20(24)45/h3-7,15-16,21,30-32,36,45,48,51-52H,8-14H2,1-2H3,(H,39,46)(H,40,53)(H,57,58)(H,59,60)(H2,38,41,42)(H2,54,55,56). The van der Waals surface area contributed by atoms with E-state index in [0.717, 1.165) is 29.0 Å². The number of imidazole rings is 1. The number of benzene rings is 2. The fourth-order valence-electron chi connectivity index (χ4n) is 6.94. The van der Waals surface area contributed by atoms with E-state index in [1.807, 2.05) is 0 Å². The van der Waals surface area contributed by atoms with Gasteiger partial charge in [-0.05, 0) is 12.1 Å². The smallest absolute Gasteiger partial charge is 0.481 e. The number of aliphatic hydroxyl groups is 2. The summed E-state index contributed by atoms with van der Waals surface area (Å²) in [4.78, 5) is 115. The first-order valence-electron chi connectivity index (χ1n) is 20.0. The lowest BCUT2D eigenvalue weighted by molar-refractivity contribution is -0.137. The van der Waals surface area contributed by atoms with Gasteiger partial charge in [-0.3, -0.25) is 42.1 Å². The average molecular weight is 1050 g/mol. The number of ether oxygens (including phenoxy) is 1. The number of ketones is 2. The summed E-state index contributed by atoms with van der Waals surface area (Å²) < 4.78 is 62.3. The van der Waals surface area contributed by atoms with E-state index in [0.29, 0.717) is 0 Å². The third-order valence-electron chi connectivity index (χ3n) is 10.3. The van der Waals surface area contributed by atoms with Gasteiger partial charge in [0.1, 0.15) is 47.8 Å². The molecule has 2 aromatic heterocycles. The summed E-state index contributed by atoms with van der Waals surface area (Å²) in [6.07, 6.45) is -7.62. The van der Waals surface area contributed by atoms with Crippen molar-refractivity contribution in [1.82, 2.24) is 30.2 Å². The molecule has 28 nitrogen and oxygen atoms in total. The van der Waals surface area contributed by atoms with Gasteiger partial charge >= 0.3 is 23.5 Å². The molecule has 1 aliphatic carbocycles. The summed E-state index contributed by atoms with van der Waals surface area (Å²) in [5.41, 5.74) is 3.54. The molecule has 32 heteroatoms. The zero-order valence-electron chi connectivity index (χ0n) is 35.9. The number of phosphoric ester groups is 3. The van der Waals surface area contributed by atoms with Gasteiger partial charge in [0.05, 0.1) is 30.7 Å². The number of aromatic nitrogens is 4. The second kappa shape index (κ2) is 21.1. The molecule has 12 N–H and O–H groups in total. The summed E-state index contributed by atoms with van der Waals surface area (Å²) in [7, 11) is -16.5. The van der Waals surface area contributed by atoms with Crippen molar-refractivity contribution >= 4 is 80.7 Å². The highest BCUT2D eigenvalue weighted by Crippen LogP contribution is 2.61. The second-order valence-electron chi connectivity index (χ2n) is 15.8. The van der Waals surface area contributed by atoms with Crippen LogP contribution in [0.1, 0.15) is 63.9 Å². The number of amides is 2. The molecule has 6 rings (SSSR count). The zero-order chi connectivity index (χ0) is 50.8. The van der Waals surface area contributed by atoms with Gasteiger partial charge in [-0.2, -0.15) is 4.31 Å². The van der Waals surface area contributed by atoms with Crippen molar-refractivity contribution in [3.8, 4) is 11.5 Å². The van der Waals surface area contributed by atoms with Crippen LogP contribution in [0.3, 0.4) is 0 Å². The Labute approximate surface area is 393 Å². The number of anilines is 1. The van der Waals surface area contributed by atoms with E-state index < -0.39 is 113 Å². The molecule has 0 radical (unpaired) electrons. The number of aromatic hydroxyl groups is 2. The SMILES string of the molecule is CC(C)(COP(=O)(O)OP(=O)(O)OCC1OC(n2cnc3c(N)ncnc32)C(O)C1OP(=O)(O)O)C(O)C(=O)NCCC(=O)NCCSC(=O)Cc1ccc2c(c1O)C(=O)c1c(O)cccc1C2=O. The Bertz CT molecular complexity index is 2830. The Morgan fingerprint density at radius 2 is 1.64 bits per heavy atom. The molecule has 7 unspecified atom stereocenters. The Hall–Kier alpha value is -5.06. The topological polar surface area (TPSA) is 438 Å². The van der Waals surface area contributed by atoms with Crippen LogP contribution in [0.15, 0.2) is 43.0 Å². The number of phenols is 2. The molecule has 0 bridgehead atoms. The van der Waals surface area contributed by atoms with Gasteiger partial charge in [-0.15, -0.1) is 0 Å². The van der Waals surface area contributed by atoms with E-state index in [1.54, 1.807) is 0 Å². The highest BCUT2D eigenvalue weighted by molar-refractivity contribution is 8.13. The first-order valence-corrected chi connectivity index (χ1v) is 25.5. The minimum Gasteiger partial charge on any atom is -0.507 e. The van der Waals surface area contributed by atoms with Crippen molar-refractivity contribution in [2.45, 2.75) is 57.3 Å². The number of nitrogens with one attached hydrogen (secondary N) is 2. The number of rotatable bonds is 21. The van der Waals surface area contributed by atoms with Gasteiger partial charge in [0.25, 0.3) is 0 Å². The maximum absolute atomic E-state index is 13.1. The molecule has 2 aromatic carbocycles. The van der Waals surface area contributed by atoms with Gasteiger partial charge in [0.15, 0.2) is 28.6 Å². The van der Waals surface area contributed by atoms with Crippen LogP contribution in [0.25, 0.3) is 11.2 Å². The number of hydrogen-bond acceptors (Lipinski definition) is 22. The quantitative estimate of drug-likeness (QED) is 0.0343. The lowest BCUT2D eigenvalue weighted by Gasteiger charge is -2.30. The lowest BCUT2D eigenvalue weighted by atomic mass is 9.82. The van der Waals surface area contributed by atoms with Gasteiger partial charge in [-0.1, -0.05) is 43.8 Å². The molecule has 3 heterocycles. The number of hydrogen-bond donors (Lipinski definition) is 11. The number of thioether (sulfide) groups is 1. The Morgan fingerprint density at radius 1 is 0.942 bits per heavy atom. The molecule has 0 spiro atoms. The maximum atomic E-state index is 13.1. The van der Waals surface area contributed by atoms with Gasteiger partial charge < -0.3 is 61.1 Å². The number of aliphatic hydroxyl groups excluding tert-OH is 2. The number of phenolic OH excluding ortho intramolecular Hbond substituents is 2. The van der Waals surface area contributed by atoms with E-state index in [4.69, 9.17) is 19.5 Å². The number of phosphoric acid groups is 3. The minimum absolute atomic E-state index is 0.00871. The lowest BCUT2D eigenvalue weighted by Crippen LogP contribution is -2.46. The number of nitrogens with zero attached hydrogens (tertiary/aromatic N) is 4. The third kappa shape index (κ3) is 12.6. The Kier molecular flexibility index (Phi) is 16.3. The van der Waals surface area contributed by atoms with Crippen molar-refractivity contribution in [3.63, 3.8) is 0 Å². The summed E-state index contributed by atoms with van der Waals surface area (Å²) in [5, 5.41) is 47.0. The summed E-state index contributed by atoms with van der Waals surface area (Å²) >= 11 is 0.801. The minimum atomic E-state index is -5.63. The van der Waals surface area contributed by atoms with Crippen LogP contribution in [0, 0.1) is 5.41 Å². The Balaban J connectivity index is 0.908. The van der Waals surface area contributed by atoms with Gasteiger partial charge in [0, 0.05) is 53.8 Å². The predicted molar refractivity (Wildman–Crippen MR) is 234 cm³/mol. The largest absolute Gasteiger partial charge is 0.507 e. The van der Waals surface area contributed by atoms with Crippen LogP contribution >= 0.6 is 35.2 Å². The first-order chi connectivity index (χ1) is 32.2. The molecule has 69 heavy (non-hydrogen) atoms. The van der Waals surface area contributed by atoms with E-state index in [2.05, 4.69) is 34.4 Å². The molecule has 0 saturated carbocycles. The normalized spacial score (nSPS) is 20.4. The highest BCUT2D eigenvalue weighted by atomic mass is 32.2. The van der Waals surface area contributed by atoms with Crippen molar-refractivity contribution in [3.05, 3.63) is 70.8 Å². The monoisotopic (exact) mass is 1050 g/mol. The van der Waals surface area contributed by atoms with Crippen molar-refractivity contribution in [1.29, 1.82) is 0 Å². The summed E-state index contributed by atoms with van der Waals surface area (Å²) in [6, 6.07) is 6.67. The maximum Gasteiger partial charge on any atom is 0.481 e. The summed E-state index contributed by atoms with van der Waals surface area (Å²) in [6.45, 7) is -0.00584. The molecule has 1 fully saturated rings. The molecular formula is C37H44N7O21P3S. The highest BCUT2D eigenvalue weighted by Gasteiger charge is 2.50. The fourth-order valence-corrected chi connectivity index (χ4v) is 10.5. The summed E-state index contributed by atoms with van der Waals surface area (Å²) in [5.74, 6) is -3.96. The fraction of sp³-hybridized carbons (Fsp3) is 0.405.